The maximum Gasteiger partial charge on any atom is 0.331 e. The Morgan fingerprint density at radius 1 is 1.27 bits per heavy atom. The maximum atomic E-state index is 12.9. The number of carbonyl (C=O) groups is 3. The molecule has 2 amide bonds. The van der Waals surface area contributed by atoms with Gasteiger partial charge in [0.1, 0.15) is 0 Å². The Balaban J connectivity index is 2.16. The van der Waals surface area contributed by atoms with Crippen molar-refractivity contribution in [3.05, 3.63) is 48.0 Å². The first-order valence-corrected chi connectivity index (χ1v) is 8.88. The van der Waals surface area contributed by atoms with Gasteiger partial charge < -0.3 is 4.74 Å². The Morgan fingerprint density at radius 3 is 2.58 bits per heavy atom. The monoisotopic (exact) mass is 356 g/mol. The highest BCUT2D eigenvalue weighted by Gasteiger charge is 2.68. The Hall–Kier alpha value is -2.47. The minimum absolute atomic E-state index is 0.264. The topological polar surface area (TPSA) is 75.7 Å². The number of unbranched alkanes of at least 4 members (excludes halogenated alkanes) is 1. The molecule has 1 aromatic carbocycles. The van der Waals surface area contributed by atoms with Crippen LogP contribution in [0.2, 0.25) is 0 Å². The second kappa shape index (κ2) is 7.03. The van der Waals surface area contributed by atoms with Crippen LogP contribution in [-0.2, 0) is 24.7 Å². The first kappa shape index (κ1) is 18.3. The van der Waals surface area contributed by atoms with Gasteiger partial charge >= 0.3 is 5.97 Å². The first-order valence-electron chi connectivity index (χ1n) is 8.88. The van der Waals surface area contributed by atoms with Gasteiger partial charge in [0.15, 0.2) is 5.54 Å². The van der Waals surface area contributed by atoms with Gasteiger partial charge in [-0.25, -0.2) is 4.79 Å². The third kappa shape index (κ3) is 2.56. The van der Waals surface area contributed by atoms with E-state index in [1.54, 1.807) is 12.1 Å². The normalized spacial score (nSPS) is 30.9. The van der Waals surface area contributed by atoms with Crippen molar-refractivity contribution >= 4 is 17.8 Å². The molecule has 2 heterocycles. The molecule has 4 atom stereocenters. The molecule has 0 aliphatic carbocycles. The lowest BCUT2D eigenvalue weighted by Crippen LogP contribution is -2.54. The van der Waals surface area contributed by atoms with Crippen LogP contribution in [0.25, 0.3) is 0 Å². The van der Waals surface area contributed by atoms with Gasteiger partial charge in [-0.05, 0) is 12.0 Å². The smallest absolute Gasteiger partial charge is 0.331 e. The van der Waals surface area contributed by atoms with Gasteiger partial charge in [-0.2, -0.15) is 0 Å². The molecule has 138 valence electrons. The van der Waals surface area contributed by atoms with E-state index in [0.717, 1.165) is 17.7 Å². The van der Waals surface area contributed by atoms with Crippen molar-refractivity contribution in [2.75, 3.05) is 14.2 Å². The number of esters is 1. The van der Waals surface area contributed by atoms with Crippen LogP contribution in [0.4, 0.5) is 0 Å². The Morgan fingerprint density at radius 2 is 1.96 bits per heavy atom. The fraction of sp³-hybridized carbons (Fsp3) is 0.450. The predicted octanol–water partition coefficient (Wildman–Crippen LogP) is 1.61. The van der Waals surface area contributed by atoms with Crippen molar-refractivity contribution in [3.8, 4) is 0 Å². The summed E-state index contributed by atoms with van der Waals surface area (Å²) in [6.45, 7) is 2.07. The molecular formula is C20H24N2O4. The highest BCUT2D eigenvalue weighted by atomic mass is 16.5. The summed E-state index contributed by atoms with van der Waals surface area (Å²) < 4.78 is 5.09. The van der Waals surface area contributed by atoms with E-state index >= 15 is 0 Å². The molecule has 26 heavy (non-hydrogen) atoms. The zero-order valence-electron chi connectivity index (χ0n) is 15.3. The number of benzene rings is 1. The molecular weight excluding hydrogens is 332 g/mol. The number of nitrogens with one attached hydrogen (secondary N) is 1. The van der Waals surface area contributed by atoms with E-state index in [0.29, 0.717) is 5.56 Å². The average Bonchev–Trinajstić information content (AvgIpc) is 3.12. The fourth-order valence-electron chi connectivity index (χ4n) is 4.10. The van der Waals surface area contributed by atoms with E-state index in [1.165, 1.54) is 14.2 Å². The molecule has 0 spiro atoms. The molecule has 3 rings (SSSR count). The molecule has 2 fully saturated rings. The van der Waals surface area contributed by atoms with Crippen molar-refractivity contribution < 1.29 is 19.1 Å². The lowest BCUT2D eigenvalue weighted by atomic mass is 9.75. The number of likely N-dealkylation sites (tertiary alicyclic amines) is 1. The molecule has 6 heteroatoms. The van der Waals surface area contributed by atoms with E-state index in [1.807, 2.05) is 30.4 Å². The number of amides is 2. The van der Waals surface area contributed by atoms with Crippen molar-refractivity contribution in [1.29, 1.82) is 0 Å². The summed E-state index contributed by atoms with van der Waals surface area (Å²) in [5, 5.41) is 3.28. The molecule has 0 saturated carbocycles. The largest absolute Gasteiger partial charge is 0.467 e. The third-order valence-electron chi connectivity index (χ3n) is 5.35. The Labute approximate surface area is 153 Å². The molecule has 2 saturated heterocycles. The number of rotatable bonds is 5. The summed E-state index contributed by atoms with van der Waals surface area (Å²) in [7, 11) is 2.78. The van der Waals surface area contributed by atoms with Crippen molar-refractivity contribution in [3.63, 3.8) is 0 Å². The fourth-order valence-corrected chi connectivity index (χ4v) is 4.10. The molecule has 0 unspecified atom stereocenters. The number of carbonyl (C=O) groups excluding carboxylic acids is 3. The summed E-state index contributed by atoms with van der Waals surface area (Å²) in [4.78, 5) is 39.7. The quantitative estimate of drug-likeness (QED) is 0.493. The van der Waals surface area contributed by atoms with Crippen LogP contribution in [0, 0.1) is 11.8 Å². The second-order valence-electron chi connectivity index (χ2n) is 6.79. The maximum absolute atomic E-state index is 12.9. The van der Waals surface area contributed by atoms with Gasteiger partial charge in [-0.15, -0.1) is 0 Å². The molecule has 2 aliphatic rings. The lowest BCUT2D eigenvalue weighted by molar-refractivity contribution is -0.154. The summed E-state index contributed by atoms with van der Waals surface area (Å²) in [6, 6.07) is 8.62. The number of hydrogen-bond donors (Lipinski definition) is 1. The average molecular weight is 356 g/mol. The molecule has 6 nitrogen and oxygen atoms in total. The molecule has 0 bridgehead atoms. The minimum atomic E-state index is -1.38. The van der Waals surface area contributed by atoms with Gasteiger partial charge in [0.05, 0.1) is 18.9 Å². The first-order chi connectivity index (χ1) is 12.5. The van der Waals surface area contributed by atoms with Crippen LogP contribution in [0.1, 0.15) is 25.3 Å². The molecule has 0 radical (unpaired) electrons. The minimum Gasteiger partial charge on any atom is -0.467 e. The van der Waals surface area contributed by atoms with Crippen molar-refractivity contribution in [2.45, 2.75) is 31.3 Å². The number of ether oxygens (including phenoxy) is 1. The molecule has 0 aromatic heterocycles. The number of fused-ring (bicyclic) bond motifs is 1. The van der Waals surface area contributed by atoms with Gasteiger partial charge in [-0.1, -0.05) is 55.8 Å². The standard InChI is InChI=1S/C20H24N2O4/c1-4-5-7-12-14-15-16(18(24)22(2)17(15)23)20(21-14,19(25)26-3)13-10-8-6-9-11-13/h6-12,14-16,21H,4-5H2,1-3H3/b12-7+/t14-,15+,16-,20-/m1/s1. The van der Waals surface area contributed by atoms with E-state index in [2.05, 4.69) is 12.2 Å². The van der Waals surface area contributed by atoms with Crippen LogP contribution >= 0.6 is 0 Å². The second-order valence-corrected chi connectivity index (χ2v) is 6.79. The van der Waals surface area contributed by atoms with Crippen LogP contribution in [0.15, 0.2) is 42.5 Å². The van der Waals surface area contributed by atoms with Crippen LogP contribution < -0.4 is 5.32 Å². The SMILES string of the molecule is CCC/C=C/[C@H]1N[C@](C(=O)OC)(c2ccccc2)[C@H]2C(=O)N(C)C(=O)[C@@H]12. The summed E-state index contributed by atoms with van der Waals surface area (Å²) in [5.74, 6) is -2.62. The zero-order valence-corrected chi connectivity index (χ0v) is 15.3. The number of imide groups is 1. The summed E-state index contributed by atoms with van der Waals surface area (Å²) in [5.41, 5.74) is -0.746. The zero-order chi connectivity index (χ0) is 18.9. The van der Waals surface area contributed by atoms with E-state index in [4.69, 9.17) is 4.74 Å². The van der Waals surface area contributed by atoms with Crippen LogP contribution in [-0.4, -0.2) is 42.9 Å². The number of allylic oxidation sites excluding steroid dienone is 1. The summed E-state index contributed by atoms with van der Waals surface area (Å²) in [6.07, 6.45) is 5.73. The number of methoxy groups -OCH3 is 1. The number of hydrogen-bond acceptors (Lipinski definition) is 5. The molecule has 1 N–H and O–H groups in total. The van der Waals surface area contributed by atoms with Crippen molar-refractivity contribution in [2.24, 2.45) is 11.8 Å². The Bertz CT molecular complexity index is 745. The molecule has 2 aliphatic heterocycles. The van der Waals surface area contributed by atoms with E-state index < -0.39 is 29.4 Å². The van der Waals surface area contributed by atoms with Gasteiger partial charge in [0.25, 0.3) is 0 Å². The van der Waals surface area contributed by atoms with Crippen LogP contribution in [0.5, 0.6) is 0 Å². The van der Waals surface area contributed by atoms with Crippen molar-refractivity contribution in [1.82, 2.24) is 10.2 Å². The van der Waals surface area contributed by atoms with Crippen LogP contribution in [0.3, 0.4) is 0 Å². The van der Waals surface area contributed by atoms with Gasteiger partial charge in [0.2, 0.25) is 11.8 Å². The number of nitrogens with zero attached hydrogens (tertiary/aromatic N) is 1. The van der Waals surface area contributed by atoms with E-state index in [9.17, 15) is 14.4 Å². The lowest BCUT2D eigenvalue weighted by Gasteiger charge is -2.32. The Kier molecular flexibility index (Phi) is 4.96. The van der Waals surface area contributed by atoms with E-state index in [-0.39, 0.29) is 11.8 Å². The highest BCUT2D eigenvalue weighted by Crippen LogP contribution is 2.48. The predicted molar refractivity (Wildman–Crippen MR) is 95.9 cm³/mol. The summed E-state index contributed by atoms with van der Waals surface area (Å²) >= 11 is 0. The van der Waals surface area contributed by atoms with Gasteiger partial charge in [0, 0.05) is 13.1 Å². The third-order valence-corrected chi connectivity index (χ3v) is 5.35. The van der Waals surface area contributed by atoms with Gasteiger partial charge in [-0.3, -0.25) is 19.8 Å². The highest BCUT2D eigenvalue weighted by molar-refractivity contribution is 6.09. The molecule has 1 aromatic rings.